The van der Waals surface area contributed by atoms with Crippen molar-refractivity contribution < 1.29 is 14.3 Å². The normalized spacial score (nSPS) is 19.5. The number of esters is 1. The minimum atomic E-state index is -0.340. The summed E-state index contributed by atoms with van der Waals surface area (Å²) in [4.78, 5) is 16.1. The molecule has 1 saturated heterocycles. The Labute approximate surface area is 111 Å². The molecule has 0 aliphatic carbocycles. The average molecular weight is 260 g/mol. The van der Waals surface area contributed by atoms with Crippen molar-refractivity contribution >= 4 is 11.6 Å². The summed E-state index contributed by atoms with van der Waals surface area (Å²) in [5, 5.41) is 0. The van der Waals surface area contributed by atoms with Crippen LogP contribution in [0.2, 0.25) is 0 Å². The van der Waals surface area contributed by atoms with E-state index < -0.39 is 0 Å². The van der Waals surface area contributed by atoms with Gasteiger partial charge in [-0.1, -0.05) is 0 Å². The Morgan fingerprint density at radius 2 is 2.47 bits per heavy atom. The number of carbonyl (C=O) groups excluding carboxylic acids is 1. The Hall–Kier alpha value is -1.88. The second-order valence-electron chi connectivity index (χ2n) is 4.75. The van der Waals surface area contributed by atoms with E-state index in [1.807, 2.05) is 16.8 Å². The first-order valence-electron chi connectivity index (χ1n) is 6.42. The summed E-state index contributed by atoms with van der Waals surface area (Å²) < 4.78 is 12.1. The number of nitrogens with zero attached hydrogens (tertiary/aromatic N) is 2. The monoisotopic (exact) mass is 260 g/mol. The molecule has 2 aromatic rings. The summed E-state index contributed by atoms with van der Waals surface area (Å²) in [5.41, 5.74) is 2.32. The fourth-order valence-corrected chi connectivity index (χ4v) is 2.42. The number of fused-ring (bicyclic) bond motifs is 1. The van der Waals surface area contributed by atoms with E-state index in [9.17, 15) is 4.79 Å². The molecule has 1 aliphatic rings. The topological polar surface area (TPSA) is 52.8 Å². The molecule has 0 saturated carbocycles. The van der Waals surface area contributed by atoms with Gasteiger partial charge in [0.15, 0.2) is 0 Å². The van der Waals surface area contributed by atoms with Crippen molar-refractivity contribution in [3.63, 3.8) is 0 Å². The largest absolute Gasteiger partial charge is 0.465 e. The summed E-state index contributed by atoms with van der Waals surface area (Å²) in [6.07, 6.45) is 6.02. The van der Waals surface area contributed by atoms with Gasteiger partial charge in [0, 0.05) is 24.9 Å². The van der Waals surface area contributed by atoms with Gasteiger partial charge in [0.1, 0.15) is 5.65 Å². The third-order valence-corrected chi connectivity index (χ3v) is 3.48. The zero-order valence-electron chi connectivity index (χ0n) is 10.8. The van der Waals surface area contributed by atoms with Gasteiger partial charge in [-0.15, -0.1) is 0 Å². The summed E-state index contributed by atoms with van der Waals surface area (Å²) in [5.74, 6) is 0.0169. The standard InChI is InChI=1S/C14H16N2O3/c1-18-14(17)10-4-5-16-8-12(15-13(16)7-10)11-3-2-6-19-9-11/h4-5,7-8,11H,2-3,6,9H2,1H3. The molecule has 100 valence electrons. The molecule has 1 fully saturated rings. The predicted octanol–water partition coefficient (Wildman–Crippen LogP) is 2.01. The van der Waals surface area contributed by atoms with E-state index >= 15 is 0 Å². The quantitative estimate of drug-likeness (QED) is 0.775. The Bertz CT molecular complexity index is 600. The maximum absolute atomic E-state index is 11.5. The Morgan fingerprint density at radius 3 is 3.21 bits per heavy atom. The van der Waals surface area contributed by atoms with Crippen molar-refractivity contribution in [2.75, 3.05) is 20.3 Å². The molecule has 0 aromatic carbocycles. The smallest absolute Gasteiger partial charge is 0.338 e. The minimum Gasteiger partial charge on any atom is -0.465 e. The van der Waals surface area contributed by atoms with Crippen LogP contribution in [-0.4, -0.2) is 35.7 Å². The summed E-state index contributed by atoms with van der Waals surface area (Å²) in [6.45, 7) is 1.57. The van der Waals surface area contributed by atoms with Crippen LogP contribution in [0.25, 0.3) is 5.65 Å². The highest BCUT2D eigenvalue weighted by molar-refractivity contribution is 5.90. The SMILES string of the molecule is COC(=O)c1ccn2cc(C3CCCOC3)nc2c1. The zero-order chi connectivity index (χ0) is 13.2. The number of aromatic nitrogens is 2. The number of hydrogen-bond donors (Lipinski definition) is 0. The number of methoxy groups -OCH3 is 1. The van der Waals surface area contributed by atoms with Crippen LogP contribution >= 0.6 is 0 Å². The average Bonchev–Trinajstić information content (AvgIpc) is 2.90. The van der Waals surface area contributed by atoms with Crippen molar-refractivity contribution in [1.82, 2.24) is 9.38 Å². The second kappa shape index (κ2) is 5.01. The molecular weight excluding hydrogens is 244 g/mol. The molecule has 1 atom stereocenters. The van der Waals surface area contributed by atoms with Crippen LogP contribution in [-0.2, 0) is 9.47 Å². The summed E-state index contributed by atoms with van der Waals surface area (Å²) >= 11 is 0. The maximum Gasteiger partial charge on any atom is 0.338 e. The number of ether oxygens (including phenoxy) is 2. The lowest BCUT2D eigenvalue weighted by molar-refractivity contribution is 0.0600. The van der Waals surface area contributed by atoms with Gasteiger partial charge in [-0.2, -0.15) is 0 Å². The van der Waals surface area contributed by atoms with E-state index in [-0.39, 0.29) is 5.97 Å². The molecule has 0 amide bonds. The van der Waals surface area contributed by atoms with Crippen LogP contribution in [0.4, 0.5) is 0 Å². The summed E-state index contributed by atoms with van der Waals surface area (Å²) in [6, 6.07) is 3.49. The Balaban J connectivity index is 1.93. The highest BCUT2D eigenvalue weighted by Gasteiger charge is 2.19. The molecule has 5 heteroatoms. The minimum absolute atomic E-state index is 0.340. The van der Waals surface area contributed by atoms with Crippen molar-refractivity contribution in [3.8, 4) is 0 Å². The Morgan fingerprint density at radius 1 is 1.58 bits per heavy atom. The molecule has 2 aromatic heterocycles. The van der Waals surface area contributed by atoms with E-state index in [4.69, 9.17) is 9.47 Å². The number of hydrogen-bond acceptors (Lipinski definition) is 4. The van der Waals surface area contributed by atoms with Gasteiger partial charge in [-0.25, -0.2) is 9.78 Å². The first-order chi connectivity index (χ1) is 9.28. The first-order valence-corrected chi connectivity index (χ1v) is 6.42. The number of pyridine rings is 1. The fourth-order valence-electron chi connectivity index (χ4n) is 2.42. The van der Waals surface area contributed by atoms with E-state index in [1.54, 1.807) is 12.1 Å². The van der Waals surface area contributed by atoms with Crippen molar-refractivity contribution in [1.29, 1.82) is 0 Å². The van der Waals surface area contributed by atoms with Crippen LogP contribution in [0.5, 0.6) is 0 Å². The predicted molar refractivity (Wildman–Crippen MR) is 69.3 cm³/mol. The van der Waals surface area contributed by atoms with Crippen molar-refractivity contribution in [3.05, 3.63) is 35.8 Å². The maximum atomic E-state index is 11.5. The molecule has 5 nitrogen and oxygen atoms in total. The zero-order valence-corrected chi connectivity index (χ0v) is 10.8. The van der Waals surface area contributed by atoms with Gasteiger partial charge in [0.05, 0.1) is 25.0 Å². The van der Waals surface area contributed by atoms with Gasteiger partial charge in [-0.3, -0.25) is 0 Å². The van der Waals surface area contributed by atoms with Gasteiger partial charge in [-0.05, 0) is 25.0 Å². The van der Waals surface area contributed by atoms with E-state index in [1.165, 1.54) is 7.11 Å². The first kappa shape index (κ1) is 12.2. The number of rotatable bonds is 2. The highest BCUT2D eigenvalue weighted by Crippen LogP contribution is 2.25. The van der Waals surface area contributed by atoms with Crippen molar-refractivity contribution in [2.24, 2.45) is 0 Å². The van der Waals surface area contributed by atoms with E-state index in [0.717, 1.165) is 37.4 Å². The fraction of sp³-hybridized carbons (Fsp3) is 0.429. The van der Waals surface area contributed by atoms with Crippen molar-refractivity contribution in [2.45, 2.75) is 18.8 Å². The molecule has 19 heavy (non-hydrogen) atoms. The van der Waals surface area contributed by atoms with Crippen LogP contribution < -0.4 is 0 Å². The lowest BCUT2D eigenvalue weighted by atomic mass is 9.99. The molecule has 0 spiro atoms. The van der Waals surface area contributed by atoms with E-state index in [0.29, 0.717) is 11.5 Å². The lowest BCUT2D eigenvalue weighted by Gasteiger charge is -2.19. The van der Waals surface area contributed by atoms with Crippen LogP contribution in [0.3, 0.4) is 0 Å². The summed E-state index contributed by atoms with van der Waals surface area (Å²) in [7, 11) is 1.38. The second-order valence-corrected chi connectivity index (χ2v) is 4.75. The van der Waals surface area contributed by atoms with Gasteiger partial charge < -0.3 is 13.9 Å². The molecular formula is C14H16N2O3. The van der Waals surface area contributed by atoms with E-state index in [2.05, 4.69) is 4.98 Å². The molecule has 0 radical (unpaired) electrons. The lowest BCUT2D eigenvalue weighted by Crippen LogP contribution is -2.15. The highest BCUT2D eigenvalue weighted by atomic mass is 16.5. The molecule has 1 aliphatic heterocycles. The Kier molecular flexibility index (Phi) is 3.21. The van der Waals surface area contributed by atoms with Crippen LogP contribution in [0.15, 0.2) is 24.5 Å². The van der Waals surface area contributed by atoms with Gasteiger partial charge in [0.2, 0.25) is 0 Å². The van der Waals surface area contributed by atoms with Crippen LogP contribution in [0.1, 0.15) is 34.8 Å². The van der Waals surface area contributed by atoms with Gasteiger partial charge >= 0.3 is 5.97 Å². The third-order valence-electron chi connectivity index (χ3n) is 3.48. The molecule has 0 N–H and O–H groups in total. The number of imidazole rings is 1. The molecule has 1 unspecified atom stereocenters. The van der Waals surface area contributed by atoms with Gasteiger partial charge in [0.25, 0.3) is 0 Å². The number of carbonyl (C=O) groups is 1. The third kappa shape index (κ3) is 2.33. The van der Waals surface area contributed by atoms with Crippen LogP contribution in [0, 0.1) is 0 Å². The molecule has 3 heterocycles. The molecule has 0 bridgehead atoms. The molecule has 3 rings (SSSR count).